The maximum absolute atomic E-state index is 11.7. The number of aromatic amines is 1. The molecule has 0 saturated heterocycles. The molecule has 0 aliphatic rings. The molecule has 0 fully saturated rings. The predicted molar refractivity (Wildman–Crippen MR) is 109 cm³/mol. The lowest BCUT2D eigenvalue weighted by Crippen LogP contribution is -1.99. The smallest absolute Gasteiger partial charge is 0.175 e. The maximum atomic E-state index is 11.7. The number of aliphatic hydroxyl groups is 1. The Labute approximate surface area is 165 Å². The van der Waals surface area contributed by atoms with Gasteiger partial charge in [0.1, 0.15) is 0 Å². The normalized spacial score (nSPS) is 11.7. The average molecular weight is 401 g/mol. The van der Waals surface area contributed by atoms with Gasteiger partial charge in [0.2, 0.25) is 0 Å². The lowest BCUT2D eigenvalue weighted by atomic mass is 9.98. The second-order valence-electron chi connectivity index (χ2n) is 6.71. The summed E-state index contributed by atoms with van der Waals surface area (Å²) in [6.07, 6.45) is 1.77. The molecule has 28 heavy (non-hydrogen) atoms. The molecule has 148 valence electrons. The molecule has 0 radical (unpaired) electrons. The fraction of sp³-hybridized carbons (Fsp3) is 0.286. The molecule has 0 amide bonds. The first kappa shape index (κ1) is 20.3. The molecule has 6 nitrogen and oxygen atoms in total. The van der Waals surface area contributed by atoms with Crippen LogP contribution in [0, 0.1) is 6.92 Å². The van der Waals surface area contributed by atoms with Gasteiger partial charge in [0, 0.05) is 30.6 Å². The van der Waals surface area contributed by atoms with Crippen LogP contribution in [0.5, 0.6) is 0 Å². The number of benzene rings is 2. The lowest BCUT2D eigenvalue weighted by molar-refractivity contribution is 0.102. The SMILES string of the molecule is Cc1ccc(-c2c(COCCCO)n[nH]c2-c2ccc(S(C)(=O)=O)cc2)cc1. The van der Waals surface area contributed by atoms with Crippen molar-refractivity contribution in [3.8, 4) is 22.4 Å². The van der Waals surface area contributed by atoms with Crippen molar-refractivity contribution < 1.29 is 18.3 Å². The van der Waals surface area contributed by atoms with E-state index < -0.39 is 9.84 Å². The van der Waals surface area contributed by atoms with Crippen LogP contribution in [0.1, 0.15) is 17.7 Å². The number of aliphatic hydroxyl groups excluding tert-OH is 1. The van der Waals surface area contributed by atoms with Crippen LogP contribution in [0.4, 0.5) is 0 Å². The van der Waals surface area contributed by atoms with Crippen LogP contribution in [-0.2, 0) is 21.2 Å². The molecule has 3 rings (SSSR count). The van der Waals surface area contributed by atoms with Crippen LogP contribution < -0.4 is 0 Å². The highest BCUT2D eigenvalue weighted by atomic mass is 32.2. The third-order valence-corrected chi connectivity index (χ3v) is 5.57. The zero-order valence-corrected chi connectivity index (χ0v) is 16.8. The Bertz CT molecular complexity index is 1020. The number of sulfone groups is 1. The van der Waals surface area contributed by atoms with E-state index >= 15 is 0 Å². The van der Waals surface area contributed by atoms with Gasteiger partial charge >= 0.3 is 0 Å². The summed E-state index contributed by atoms with van der Waals surface area (Å²) in [5.41, 5.74) is 5.51. The molecule has 3 aromatic rings. The van der Waals surface area contributed by atoms with Gasteiger partial charge in [-0.1, -0.05) is 42.0 Å². The van der Waals surface area contributed by atoms with E-state index in [0.29, 0.717) is 19.6 Å². The van der Waals surface area contributed by atoms with Gasteiger partial charge in [-0.05, 0) is 31.0 Å². The molecule has 2 aromatic carbocycles. The third-order valence-electron chi connectivity index (χ3n) is 4.44. The number of hydrogen-bond acceptors (Lipinski definition) is 5. The van der Waals surface area contributed by atoms with Crippen LogP contribution >= 0.6 is 0 Å². The van der Waals surface area contributed by atoms with Crippen LogP contribution in [0.15, 0.2) is 53.4 Å². The highest BCUT2D eigenvalue weighted by Crippen LogP contribution is 2.34. The first-order valence-corrected chi connectivity index (χ1v) is 10.9. The highest BCUT2D eigenvalue weighted by molar-refractivity contribution is 7.90. The number of H-pyrrole nitrogens is 1. The standard InChI is InChI=1S/C21H24N2O4S/c1-15-4-6-16(7-5-15)20-19(14-27-13-3-12-24)22-23-21(20)17-8-10-18(11-9-17)28(2,25)26/h4-11,24H,3,12-14H2,1-2H3,(H,22,23). The summed E-state index contributed by atoms with van der Waals surface area (Å²) in [7, 11) is -3.25. The van der Waals surface area contributed by atoms with E-state index in [9.17, 15) is 8.42 Å². The van der Waals surface area contributed by atoms with E-state index in [0.717, 1.165) is 33.6 Å². The van der Waals surface area contributed by atoms with E-state index in [1.165, 1.54) is 6.26 Å². The molecular weight excluding hydrogens is 376 g/mol. The maximum Gasteiger partial charge on any atom is 0.175 e. The average Bonchev–Trinajstić information content (AvgIpc) is 3.09. The number of rotatable bonds is 8. The molecule has 0 unspecified atom stereocenters. The monoisotopic (exact) mass is 400 g/mol. The van der Waals surface area contributed by atoms with E-state index in [2.05, 4.69) is 10.2 Å². The molecule has 2 N–H and O–H groups in total. The van der Waals surface area contributed by atoms with Crippen molar-refractivity contribution in [3.05, 3.63) is 59.8 Å². The van der Waals surface area contributed by atoms with Gasteiger partial charge in [-0.2, -0.15) is 5.10 Å². The fourth-order valence-electron chi connectivity index (χ4n) is 2.93. The second kappa shape index (κ2) is 8.68. The van der Waals surface area contributed by atoms with Crippen LogP contribution in [0.3, 0.4) is 0 Å². The summed E-state index contributed by atoms with van der Waals surface area (Å²) in [5, 5.41) is 16.4. The zero-order valence-electron chi connectivity index (χ0n) is 16.0. The van der Waals surface area contributed by atoms with Gasteiger partial charge in [-0.25, -0.2) is 8.42 Å². The molecule has 1 aromatic heterocycles. The Morgan fingerprint density at radius 1 is 1.04 bits per heavy atom. The summed E-state index contributed by atoms with van der Waals surface area (Å²) < 4.78 is 29.1. The second-order valence-corrected chi connectivity index (χ2v) is 8.73. The van der Waals surface area contributed by atoms with E-state index in [1.54, 1.807) is 24.3 Å². The van der Waals surface area contributed by atoms with Crippen LogP contribution in [0.2, 0.25) is 0 Å². The molecule has 7 heteroatoms. The number of hydrogen-bond donors (Lipinski definition) is 2. The van der Waals surface area contributed by atoms with Gasteiger partial charge in [0.15, 0.2) is 9.84 Å². The van der Waals surface area contributed by atoms with Crippen LogP contribution in [0.25, 0.3) is 22.4 Å². The predicted octanol–water partition coefficient (Wildman–Crippen LogP) is 3.35. The Hall–Kier alpha value is -2.48. The first-order chi connectivity index (χ1) is 13.4. The molecule has 0 saturated carbocycles. The Kier molecular flexibility index (Phi) is 6.28. The quantitative estimate of drug-likeness (QED) is 0.566. The molecule has 0 bridgehead atoms. The molecule has 0 atom stereocenters. The summed E-state index contributed by atoms with van der Waals surface area (Å²) in [6.45, 7) is 2.89. The Morgan fingerprint density at radius 3 is 2.29 bits per heavy atom. The van der Waals surface area contributed by atoms with Crippen molar-refractivity contribution in [2.45, 2.75) is 24.8 Å². The highest BCUT2D eigenvalue weighted by Gasteiger charge is 2.17. The molecule has 1 heterocycles. The number of nitrogens with zero attached hydrogens (tertiary/aromatic N) is 1. The summed E-state index contributed by atoms with van der Waals surface area (Å²) in [6, 6.07) is 14.9. The summed E-state index contributed by atoms with van der Waals surface area (Å²) >= 11 is 0. The van der Waals surface area contributed by atoms with Crippen molar-refractivity contribution in [3.63, 3.8) is 0 Å². The number of aromatic nitrogens is 2. The topological polar surface area (TPSA) is 92.3 Å². The number of aryl methyl sites for hydroxylation is 1. The molecule has 0 aliphatic carbocycles. The number of ether oxygens (including phenoxy) is 1. The Morgan fingerprint density at radius 2 is 1.68 bits per heavy atom. The first-order valence-electron chi connectivity index (χ1n) is 9.03. The van der Waals surface area contributed by atoms with Gasteiger partial charge in [0.05, 0.1) is 22.9 Å². The molecule has 0 spiro atoms. The Balaban J connectivity index is 2.00. The number of nitrogens with one attached hydrogen (secondary N) is 1. The van der Waals surface area contributed by atoms with Gasteiger partial charge in [0.25, 0.3) is 0 Å². The van der Waals surface area contributed by atoms with Crippen molar-refractivity contribution in [1.29, 1.82) is 0 Å². The van der Waals surface area contributed by atoms with Crippen molar-refractivity contribution in [2.75, 3.05) is 19.5 Å². The van der Waals surface area contributed by atoms with Crippen molar-refractivity contribution in [1.82, 2.24) is 10.2 Å². The van der Waals surface area contributed by atoms with Gasteiger partial charge < -0.3 is 9.84 Å². The van der Waals surface area contributed by atoms with Gasteiger partial charge in [-0.15, -0.1) is 0 Å². The van der Waals surface area contributed by atoms with E-state index in [-0.39, 0.29) is 11.5 Å². The van der Waals surface area contributed by atoms with Crippen LogP contribution in [-0.4, -0.2) is 43.2 Å². The van der Waals surface area contributed by atoms with Crippen molar-refractivity contribution >= 4 is 9.84 Å². The largest absolute Gasteiger partial charge is 0.396 e. The third kappa shape index (κ3) is 4.67. The van der Waals surface area contributed by atoms with E-state index in [4.69, 9.17) is 9.84 Å². The molecule has 0 aliphatic heterocycles. The van der Waals surface area contributed by atoms with Crippen molar-refractivity contribution in [2.24, 2.45) is 0 Å². The van der Waals surface area contributed by atoms with E-state index in [1.807, 2.05) is 31.2 Å². The summed E-state index contributed by atoms with van der Waals surface area (Å²) in [4.78, 5) is 0.278. The fourth-order valence-corrected chi connectivity index (χ4v) is 3.56. The van der Waals surface area contributed by atoms with Gasteiger partial charge in [-0.3, -0.25) is 5.10 Å². The molecular formula is C21H24N2O4S. The minimum absolute atomic E-state index is 0.0866. The lowest BCUT2D eigenvalue weighted by Gasteiger charge is -2.09. The minimum atomic E-state index is -3.25. The minimum Gasteiger partial charge on any atom is -0.396 e. The summed E-state index contributed by atoms with van der Waals surface area (Å²) in [5.74, 6) is 0. The zero-order chi connectivity index (χ0) is 20.1.